The fraction of sp³-hybridized carbons (Fsp3) is 0.273. The van der Waals surface area contributed by atoms with Gasteiger partial charge in [0.25, 0.3) is 0 Å². The largest absolute Gasteiger partial charge is 0.383 e. The molecule has 0 aliphatic carbocycles. The van der Waals surface area contributed by atoms with E-state index in [-0.39, 0.29) is 0 Å². The van der Waals surface area contributed by atoms with Crippen LogP contribution in [0.15, 0.2) is 48.5 Å². The number of nitrogen functional groups attached to an aromatic ring is 1. The Morgan fingerprint density at radius 1 is 1.08 bits per heavy atom. The predicted octanol–water partition coefficient (Wildman–Crippen LogP) is 4.59. The van der Waals surface area contributed by atoms with Crippen molar-refractivity contribution in [2.24, 2.45) is 5.92 Å². The van der Waals surface area contributed by atoms with Crippen molar-refractivity contribution in [1.82, 2.24) is 4.98 Å². The molecule has 3 aromatic rings. The molecule has 26 heavy (non-hydrogen) atoms. The number of piperidine rings is 1. The summed E-state index contributed by atoms with van der Waals surface area (Å²) in [5.41, 5.74) is 9.40. The van der Waals surface area contributed by atoms with Gasteiger partial charge >= 0.3 is 0 Å². The highest BCUT2D eigenvalue weighted by Gasteiger charge is 2.21. The van der Waals surface area contributed by atoms with Crippen LogP contribution in [0.25, 0.3) is 22.0 Å². The molecule has 1 fully saturated rings. The molecule has 1 aliphatic rings. The Hall–Kier alpha value is -3.06. The number of nitriles is 1. The predicted molar refractivity (Wildman–Crippen MR) is 107 cm³/mol. The third-order valence-corrected chi connectivity index (χ3v) is 5.31. The molecule has 130 valence electrons. The van der Waals surface area contributed by atoms with Crippen LogP contribution in [0, 0.1) is 17.2 Å². The van der Waals surface area contributed by atoms with Crippen LogP contribution in [0.5, 0.6) is 0 Å². The minimum absolute atomic E-state index is 0.312. The number of hydrogen-bond donors (Lipinski definition) is 1. The van der Waals surface area contributed by atoms with Gasteiger partial charge in [0, 0.05) is 18.7 Å². The fourth-order valence-corrected chi connectivity index (χ4v) is 3.66. The summed E-state index contributed by atoms with van der Waals surface area (Å²) in [5, 5.41) is 12.0. The summed E-state index contributed by atoms with van der Waals surface area (Å²) < 4.78 is 0. The first-order valence-corrected chi connectivity index (χ1v) is 9.10. The van der Waals surface area contributed by atoms with Crippen molar-refractivity contribution in [2.45, 2.75) is 19.8 Å². The third kappa shape index (κ3) is 2.97. The number of anilines is 2. The molecule has 4 rings (SSSR count). The normalized spacial score (nSPS) is 15.2. The van der Waals surface area contributed by atoms with Crippen LogP contribution in [-0.4, -0.2) is 18.1 Å². The standard InChI is InChI=1S/C22H22N4/c1-15-8-10-26(11-9-15)21-13-20(25-22(24)19(21)14-23)18-7-6-16-4-2-3-5-17(16)12-18/h2-7,12-13,15H,8-11H2,1H3,(H2,24,25). The van der Waals surface area contributed by atoms with Gasteiger partial charge in [-0.15, -0.1) is 0 Å². The Labute approximate surface area is 153 Å². The minimum atomic E-state index is 0.312. The van der Waals surface area contributed by atoms with E-state index in [2.05, 4.69) is 53.2 Å². The molecule has 0 spiro atoms. The third-order valence-electron chi connectivity index (χ3n) is 5.31. The molecule has 1 aliphatic heterocycles. The fourth-order valence-electron chi connectivity index (χ4n) is 3.66. The van der Waals surface area contributed by atoms with Gasteiger partial charge in [0.15, 0.2) is 0 Å². The molecule has 2 aromatic carbocycles. The zero-order chi connectivity index (χ0) is 18.1. The molecule has 0 amide bonds. The maximum Gasteiger partial charge on any atom is 0.144 e. The zero-order valence-electron chi connectivity index (χ0n) is 14.9. The molecular formula is C22H22N4. The van der Waals surface area contributed by atoms with Crippen LogP contribution in [0.3, 0.4) is 0 Å². The lowest BCUT2D eigenvalue weighted by Crippen LogP contribution is -2.33. The average Bonchev–Trinajstić information content (AvgIpc) is 2.67. The molecule has 4 heteroatoms. The van der Waals surface area contributed by atoms with Crippen LogP contribution in [0.1, 0.15) is 25.3 Å². The molecule has 0 saturated carbocycles. The number of benzene rings is 2. The topological polar surface area (TPSA) is 65.9 Å². The Morgan fingerprint density at radius 2 is 1.81 bits per heavy atom. The van der Waals surface area contributed by atoms with E-state index in [0.717, 1.165) is 48.8 Å². The van der Waals surface area contributed by atoms with Gasteiger partial charge in [0.1, 0.15) is 17.5 Å². The van der Waals surface area contributed by atoms with E-state index in [9.17, 15) is 5.26 Å². The Bertz CT molecular complexity index is 995. The molecule has 4 nitrogen and oxygen atoms in total. The van der Waals surface area contributed by atoms with Crippen LogP contribution in [-0.2, 0) is 0 Å². The summed E-state index contributed by atoms with van der Waals surface area (Å²) in [6.07, 6.45) is 2.27. The van der Waals surface area contributed by atoms with Gasteiger partial charge in [-0.2, -0.15) is 5.26 Å². The van der Waals surface area contributed by atoms with Crippen molar-refractivity contribution in [1.29, 1.82) is 5.26 Å². The van der Waals surface area contributed by atoms with Gasteiger partial charge in [-0.3, -0.25) is 0 Å². The van der Waals surface area contributed by atoms with Gasteiger partial charge in [-0.05, 0) is 41.7 Å². The van der Waals surface area contributed by atoms with Crippen molar-refractivity contribution in [2.75, 3.05) is 23.7 Å². The van der Waals surface area contributed by atoms with E-state index >= 15 is 0 Å². The maximum absolute atomic E-state index is 9.59. The summed E-state index contributed by atoms with van der Waals surface area (Å²) in [5.74, 6) is 1.04. The molecule has 0 unspecified atom stereocenters. The first-order valence-electron chi connectivity index (χ1n) is 9.10. The van der Waals surface area contributed by atoms with Crippen molar-refractivity contribution >= 4 is 22.3 Å². The molecular weight excluding hydrogens is 320 g/mol. The summed E-state index contributed by atoms with van der Waals surface area (Å²) in [7, 11) is 0. The Morgan fingerprint density at radius 3 is 2.54 bits per heavy atom. The average molecular weight is 342 g/mol. The maximum atomic E-state index is 9.59. The van der Waals surface area contributed by atoms with Crippen LogP contribution in [0.2, 0.25) is 0 Å². The number of fused-ring (bicyclic) bond motifs is 1. The van der Waals surface area contributed by atoms with Gasteiger partial charge in [0.05, 0.1) is 11.4 Å². The molecule has 0 atom stereocenters. The molecule has 2 N–H and O–H groups in total. The highest BCUT2D eigenvalue weighted by Crippen LogP contribution is 2.33. The number of aromatic nitrogens is 1. The van der Waals surface area contributed by atoms with Crippen molar-refractivity contribution < 1.29 is 0 Å². The van der Waals surface area contributed by atoms with Gasteiger partial charge in [-0.1, -0.05) is 43.3 Å². The van der Waals surface area contributed by atoms with Crippen LogP contribution in [0.4, 0.5) is 11.5 Å². The molecule has 1 aromatic heterocycles. The molecule has 1 saturated heterocycles. The summed E-state index contributed by atoms with van der Waals surface area (Å²) in [4.78, 5) is 6.80. The zero-order valence-corrected chi connectivity index (χ0v) is 14.9. The lowest BCUT2D eigenvalue weighted by Gasteiger charge is -2.33. The smallest absolute Gasteiger partial charge is 0.144 e. The van der Waals surface area contributed by atoms with Gasteiger partial charge in [0.2, 0.25) is 0 Å². The van der Waals surface area contributed by atoms with E-state index in [4.69, 9.17) is 5.73 Å². The lowest BCUT2D eigenvalue weighted by atomic mass is 9.97. The van der Waals surface area contributed by atoms with Crippen molar-refractivity contribution in [3.05, 3.63) is 54.1 Å². The molecule has 0 bridgehead atoms. The van der Waals surface area contributed by atoms with Crippen molar-refractivity contribution in [3.8, 4) is 17.3 Å². The number of pyridine rings is 1. The van der Waals surface area contributed by atoms with Crippen LogP contribution < -0.4 is 10.6 Å². The SMILES string of the molecule is CC1CCN(c2cc(-c3ccc4ccccc4c3)nc(N)c2C#N)CC1. The number of nitrogens with two attached hydrogens (primary N) is 1. The Kier molecular flexibility index (Phi) is 4.22. The van der Waals surface area contributed by atoms with Gasteiger partial charge in [-0.25, -0.2) is 4.98 Å². The quantitative estimate of drug-likeness (QED) is 0.739. The number of hydrogen-bond acceptors (Lipinski definition) is 4. The summed E-state index contributed by atoms with van der Waals surface area (Å²) in [6, 6.07) is 18.8. The second-order valence-corrected chi connectivity index (χ2v) is 7.13. The minimum Gasteiger partial charge on any atom is -0.383 e. The van der Waals surface area contributed by atoms with Crippen LogP contribution >= 0.6 is 0 Å². The monoisotopic (exact) mass is 342 g/mol. The second-order valence-electron chi connectivity index (χ2n) is 7.13. The van der Waals surface area contributed by atoms with E-state index in [1.54, 1.807) is 0 Å². The Balaban J connectivity index is 1.80. The highest BCUT2D eigenvalue weighted by atomic mass is 15.1. The highest BCUT2D eigenvalue weighted by molar-refractivity contribution is 5.87. The van der Waals surface area contributed by atoms with E-state index in [1.165, 1.54) is 10.8 Å². The number of nitrogens with zero attached hydrogens (tertiary/aromatic N) is 3. The van der Waals surface area contributed by atoms with Crippen molar-refractivity contribution in [3.63, 3.8) is 0 Å². The molecule has 2 heterocycles. The molecule has 0 radical (unpaired) electrons. The first-order chi connectivity index (χ1) is 12.7. The van der Waals surface area contributed by atoms with E-state index < -0.39 is 0 Å². The van der Waals surface area contributed by atoms with E-state index in [0.29, 0.717) is 11.4 Å². The van der Waals surface area contributed by atoms with E-state index in [1.807, 2.05) is 18.2 Å². The number of rotatable bonds is 2. The summed E-state index contributed by atoms with van der Waals surface area (Å²) in [6.45, 7) is 4.19. The lowest BCUT2D eigenvalue weighted by molar-refractivity contribution is 0.438. The first kappa shape index (κ1) is 16.4. The van der Waals surface area contributed by atoms with Gasteiger partial charge < -0.3 is 10.6 Å². The summed E-state index contributed by atoms with van der Waals surface area (Å²) >= 11 is 0. The second kappa shape index (κ2) is 6.68.